The van der Waals surface area contributed by atoms with Crippen LogP contribution in [0.3, 0.4) is 0 Å². The number of amides is 1. The zero-order valence-electron chi connectivity index (χ0n) is 26.8. The lowest BCUT2D eigenvalue weighted by atomic mass is 9.89. The summed E-state index contributed by atoms with van der Waals surface area (Å²) in [6.07, 6.45) is -12.1. The molecule has 0 bridgehead atoms. The van der Waals surface area contributed by atoms with Crippen LogP contribution in [0.25, 0.3) is 11.0 Å². The second kappa shape index (κ2) is 17.2. The molecule has 0 spiro atoms. The SMILES string of the molecule is CCn1c(C)[n+](CC)c2ccc(C(=O)NC3CCC(N(C[C@H](O)[C@@H](O)[C@H](O)[C@H](O)CO)C[C@H](O)[C@@H](O)[C@H](O)[C@H](O)CO)CC3)cc21. The number of carbonyl (C=O) groups excluding carboxylic acids is 1. The summed E-state index contributed by atoms with van der Waals surface area (Å²) in [6.45, 7) is 5.41. The van der Waals surface area contributed by atoms with E-state index in [-0.39, 0.29) is 31.1 Å². The van der Waals surface area contributed by atoms with Gasteiger partial charge in [-0.2, -0.15) is 0 Å². The summed E-state index contributed by atoms with van der Waals surface area (Å²) in [4.78, 5) is 14.8. The molecule has 1 aliphatic rings. The smallest absolute Gasteiger partial charge is 0.254 e. The molecule has 0 aliphatic heterocycles. The van der Waals surface area contributed by atoms with Crippen LogP contribution in [0.4, 0.5) is 0 Å². The number of hydrogen-bond acceptors (Lipinski definition) is 12. The Morgan fingerprint density at radius 3 is 1.80 bits per heavy atom. The Morgan fingerprint density at radius 1 is 0.848 bits per heavy atom. The average Bonchev–Trinajstić information content (AvgIpc) is 3.34. The molecule has 1 aliphatic carbocycles. The lowest BCUT2D eigenvalue weighted by molar-refractivity contribution is -0.674. The summed E-state index contributed by atoms with van der Waals surface area (Å²) in [7, 11) is 0. The van der Waals surface area contributed by atoms with Crippen molar-refractivity contribution in [2.45, 2.75) is 120 Å². The normalized spacial score (nSPS) is 22.7. The van der Waals surface area contributed by atoms with Crippen molar-refractivity contribution in [2.75, 3.05) is 26.3 Å². The number of imidazole rings is 1. The zero-order chi connectivity index (χ0) is 34.3. The summed E-state index contributed by atoms with van der Waals surface area (Å²) in [5, 5.41) is 103. The molecule has 15 nitrogen and oxygen atoms in total. The number of benzene rings is 1. The van der Waals surface area contributed by atoms with Crippen LogP contribution in [0.15, 0.2) is 18.2 Å². The van der Waals surface area contributed by atoms with Crippen molar-refractivity contribution in [1.29, 1.82) is 0 Å². The van der Waals surface area contributed by atoms with Gasteiger partial charge in [-0.1, -0.05) is 0 Å². The van der Waals surface area contributed by atoms with E-state index in [4.69, 9.17) is 10.2 Å². The lowest BCUT2D eigenvalue weighted by Gasteiger charge is -2.40. The molecule has 11 N–H and O–H groups in total. The van der Waals surface area contributed by atoms with E-state index in [1.807, 2.05) is 12.1 Å². The Kier molecular flexibility index (Phi) is 14.3. The molecule has 3 rings (SSSR count). The summed E-state index contributed by atoms with van der Waals surface area (Å²) < 4.78 is 4.36. The van der Waals surface area contributed by atoms with E-state index >= 15 is 0 Å². The number of aromatic nitrogens is 2. The number of fused-ring (bicyclic) bond motifs is 1. The highest BCUT2D eigenvalue weighted by Crippen LogP contribution is 2.26. The molecular formula is C31H53N4O11+. The molecule has 46 heavy (non-hydrogen) atoms. The number of hydrogen-bond donors (Lipinski definition) is 11. The van der Waals surface area contributed by atoms with Crippen molar-refractivity contribution < 1.29 is 60.4 Å². The first-order valence-electron chi connectivity index (χ1n) is 16.0. The number of rotatable bonds is 17. The second-order valence-electron chi connectivity index (χ2n) is 12.3. The first kappa shape index (κ1) is 38.2. The van der Waals surface area contributed by atoms with Gasteiger partial charge in [0.1, 0.15) is 36.6 Å². The Bertz CT molecular complexity index is 1220. The lowest BCUT2D eigenvalue weighted by Crippen LogP contribution is -2.56. The Morgan fingerprint density at radius 2 is 1.35 bits per heavy atom. The second-order valence-corrected chi connectivity index (χ2v) is 12.3. The predicted molar refractivity (Wildman–Crippen MR) is 166 cm³/mol. The third-order valence-corrected chi connectivity index (χ3v) is 9.28. The number of nitrogens with zero attached hydrogens (tertiary/aromatic N) is 3. The molecule has 0 radical (unpaired) electrons. The maximum atomic E-state index is 13.3. The molecular weight excluding hydrogens is 604 g/mol. The number of nitrogens with one attached hydrogen (secondary N) is 1. The first-order valence-corrected chi connectivity index (χ1v) is 16.0. The van der Waals surface area contributed by atoms with Gasteiger partial charge in [-0.25, -0.2) is 9.13 Å². The number of aliphatic hydroxyl groups excluding tert-OH is 10. The van der Waals surface area contributed by atoms with E-state index in [2.05, 4.69) is 35.2 Å². The third kappa shape index (κ3) is 8.79. The van der Waals surface area contributed by atoms with Crippen molar-refractivity contribution >= 4 is 16.9 Å². The molecule has 1 heterocycles. The van der Waals surface area contributed by atoms with Crippen LogP contribution in [0.2, 0.25) is 0 Å². The molecule has 2 aromatic rings. The fourth-order valence-corrected chi connectivity index (χ4v) is 6.45. The van der Waals surface area contributed by atoms with E-state index in [1.165, 1.54) is 0 Å². The van der Waals surface area contributed by atoms with Gasteiger partial charge >= 0.3 is 0 Å². The van der Waals surface area contributed by atoms with Crippen molar-refractivity contribution in [2.24, 2.45) is 0 Å². The molecule has 1 saturated carbocycles. The van der Waals surface area contributed by atoms with E-state index in [0.717, 1.165) is 29.9 Å². The maximum absolute atomic E-state index is 13.3. The minimum Gasteiger partial charge on any atom is -0.394 e. The Labute approximate surface area is 268 Å². The van der Waals surface area contributed by atoms with Crippen molar-refractivity contribution in [3.63, 3.8) is 0 Å². The quantitative estimate of drug-likeness (QED) is 0.0743. The highest BCUT2D eigenvalue weighted by atomic mass is 16.4. The minimum atomic E-state index is -1.86. The first-order chi connectivity index (χ1) is 21.8. The largest absolute Gasteiger partial charge is 0.394 e. The molecule has 0 unspecified atom stereocenters. The van der Waals surface area contributed by atoms with Crippen LogP contribution < -0.4 is 9.88 Å². The van der Waals surface area contributed by atoms with Gasteiger partial charge in [0, 0.05) is 43.7 Å². The van der Waals surface area contributed by atoms with Gasteiger partial charge in [-0.05, 0) is 51.7 Å². The number of aliphatic hydroxyl groups is 10. The highest BCUT2D eigenvalue weighted by Gasteiger charge is 2.37. The summed E-state index contributed by atoms with van der Waals surface area (Å²) >= 11 is 0. The van der Waals surface area contributed by atoms with Crippen LogP contribution in [0, 0.1) is 6.92 Å². The molecule has 1 amide bonds. The zero-order valence-corrected chi connectivity index (χ0v) is 26.8. The standard InChI is InChI=1S/C31H52N4O11/c1-4-34-17(3)35(5-2)22-12-18(6-11-21(22)34)31(46)32-19-7-9-20(10-8-19)33(13-23(38)27(42)29(44)25(40)15-36)14-24(39)28(43)30(45)26(41)16-37/h6,11-12,19-20,23-30,36-45H,4-5,7-10,13-16H2,1-3H3/p+1/t19?,20?,23-,24-,25+,26+,27+,28+,29+,30+/m0/s1. The van der Waals surface area contributed by atoms with Gasteiger partial charge in [0.05, 0.1) is 38.5 Å². The Hall–Kier alpha value is -2.28. The number of carbonyl (C=O) groups is 1. The summed E-state index contributed by atoms with van der Waals surface area (Å²) in [6, 6.07) is 5.16. The van der Waals surface area contributed by atoms with Crippen LogP contribution in [0.1, 0.15) is 55.7 Å². The van der Waals surface area contributed by atoms with Crippen LogP contribution >= 0.6 is 0 Å². The Balaban J connectivity index is 1.71. The van der Waals surface area contributed by atoms with Crippen molar-refractivity contribution in [1.82, 2.24) is 14.8 Å². The van der Waals surface area contributed by atoms with Gasteiger partial charge in [0.2, 0.25) is 0 Å². The fourth-order valence-electron chi connectivity index (χ4n) is 6.45. The molecule has 15 heteroatoms. The molecule has 8 atom stereocenters. The van der Waals surface area contributed by atoms with Crippen molar-refractivity contribution in [3.05, 3.63) is 29.6 Å². The average molecular weight is 658 g/mol. The van der Waals surface area contributed by atoms with Gasteiger partial charge in [-0.3, -0.25) is 9.69 Å². The van der Waals surface area contributed by atoms with Crippen LogP contribution in [0.5, 0.6) is 0 Å². The molecule has 1 fully saturated rings. The van der Waals surface area contributed by atoms with E-state index < -0.39 is 62.0 Å². The predicted octanol–water partition coefficient (Wildman–Crippen LogP) is -3.51. The van der Waals surface area contributed by atoms with Gasteiger partial charge in [-0.15, -0.1) is 0 Å². The maximum Gasteiger partial charge on any atom is 0.254 e. The number of aryl methyl sites for hydroxylation is 2. The van der Waals surface area contributed by atoms with E-state index in [1.54, 1.807) is 11.0 Å². The highest BCUT2D eigenvalue weighted by molar-refractivity contribution is 5.97. The summed E-state index contributed by atoms with van der Waals surface area (Å²) in [5.74, 6) is 0.894. The van der Waals surface area contributed by atoms with Crippen LogP contribution in [-0.2, 0) is 13.1 Å². The third-order valence-electron chi connectivity index (χ3n) is 9.28. The minimum absolute atomic E-state index is 0.171. The van der Waals surface area contributed by atoms with E-state index in [9.17, 15) is 45.6 Å². The van der Waals surface area contributed by atoms with Crippen molar-refractivity contribution in [3.8, 4) is 0 Å². The van der Waals surface area contributed by atoms with E-state index in [0.29, 0.717) is 31.2 Å². The molecule has 1 aromatic carbocycles. The van der Waals surface area contributed by atoms with Crippen LogP contribution in [-0.4, -0.2) is 154 Å². The fraction of sp³-hybridized carbons (Fsp3) is 0.742. The topological polar surface area (TPSA) is 243 Å². The van der Waals surface area contributed by atoms with Gasteiger partial charge < -0.3 is 56.4 Å². The monoisotopic (exact) mass is 657 g/mol. The molecule has 0 saturated heterocycles. The summed E-state index contributed by atoms with van der Waals surface area (Å²) in [5.41, 5.74) is 2.56. The molecule has 262 valence electrons. The van der Waals surface area contributed by atoms with Gasteiger partial charge in [0.25, 0.3) is 11.7 Å². The molecule has 1 aromatic heterocycles. The van der Waals surface area contributed by atoms with Gasteiger partial charge in [0.15, 0.2) is 11.0 Å².